The molecule has 0 spiro atoms. The Labute approximate surface area is 154 Å². The van der Waals surface area contributed by atoms with Crippen molar-refractivity contribution in [2.24, 2.45) is 0 Å². The third-order valence-corrected chi connectivity index (χ3v) is 5.28. The van der Waals surface area contributed by atoms with Crippen molar-refractivity contribution in [1.82, 2.24) is 19.7 Å². The van der Waals surface area contributed by atoms with E-state index in [2.05, 4.69) is 32.0 Å². The number of hydrogen-bond donors (Lipinski definition) is 1. The molecule has 2 aromatic rings. The van der Waals surface area contributed by atoms with Gasteiger partial charge in [0.2, 0.25) is 5.91 Å². The van der Waals surface area contributed by atoms with Gasteiger partial charge in [-0.05, 0) is 32.8 Å². The summed E-state index contributed by atoms with van der Waals surface area (Å²) >= 11 is 13.2. The fourth-order valence-electron chi connectivity index (χ4n) is 2.26. The first-order valence-corrected chi connectivity index (χ1v) is 9.34. The van der Waals surface area contributed by atoms with E-state index in [-0.39, 0.29) is 11.2 Å². The Morgan fingerprint density at radius 3 is 2.83 bits per heavy atom. The standard InChI is InChI=1S/C15H17Cl2N5OS/c1-3-22-13(9-4-5-9)20-21-15(22)24-8(2)14(23)19-12-11(17)6-10(16)7-18-12/h6-9H,3-5H2,1-2H3,(H,18,19,23)/t8-/m1/s1. The number of amides is 1. The third kappa shape index (κ3) is 3.84. The van der Waals surface area contributed by atoms with Crippen molar-refractivity contribution < 1.29 is 4.79 Å². The normalized spacial score (nSPS) is 15.3. The van der Waals surface area contributed by atoms with Crippen LogP contribution >= 0.6 is 35.0 Å². The number of anilines is 1. The summed E-state index contributed by atoms with van der Waals surface area (Å²) in [5.74, 6) is 1.65. The molecule has 1 saturated carbocycles. The molecular formula is C15H17Cl2N5OS. The lowest BCUT2D eigenvalue weighted by atomic mass is 10.4. The van der Waals surface area contributed by atoms with E-state index in [1.54, 1.807) is 6.07 Å². The van der Waals surface area contributed by atoms with E-state index in [9.17, 15) is 4.79 Å². The van der Waals surface area contributed by atoms with Crippen LogP contribution in [0.15, 0.2) is 17.4 Å². The summed E-state index contributed by atoms with van der Waals surface area (Å²) < 4.78 is 2.08. The van der Waals surface area contributed by atoms with Crippen LogP contribution in [0.1, 0.15) is 38.4 Å². The minimum Gasteiger partial charge on any atom is -0.308 e. The van der Waals surface area contributed by atoms with E-state index in [1.807, 2.05) is 6.92 Å². The maximum Gasteiger partial charge on any atom is 0.238 e. The predicted molar refractivity (Wildman–Crippen MR) is 95.9 cm³/mol. The topological polar surface area (TPSA) is 72.7 Å². The Kier molecular flexibility index (Phi) is 5.32. The zero-order valence-electron chi connectivity index (χ0n) is 13.3. The average molecular weight is 386 g/mol. The Bertz CT molecular complexity index is 762. The lowest BCUT2D eigenvalue weighted by Crippen LogP contribution is -2.23. The van der Waals surface area contributed by atoms with E-state index in [1.165, 1.54) is 30.8 Å². The Morgan fingerprint density at radius 1 is 1.46 bits per heavy atom. The second kappa shape index (κ2) is 7.29. The van der Waals surface area contributed by atoms with E-state index in [0.717, 1.165) is 17.5 Å². The highest BCUT2D eigenvalue weighted by molar-refractivity contribution is 8.00. The number of aromatic nitrogens is 4. The van der Waals surface area contributed by atoms with Crippen molar-refractivity contribution >= 4 is 46.7 Å². The number of nitrogens with one attached hydrogen (secondary N) is 1. The van der Waals surface area contributed by atoms with Gasteiger partial charge in [-0.1, -0.05) is 35.0 Å². The molecule has 1 aliphatic rings. The van der Waals surface area contributed by atoms with Gasteiger partial charge in [0.05, 0.1) is 15.3 Å². The highest BCUT2D eigenvalue weighted by Gasteiger charge is 2.30. The van der Waals surface area contributed by atoms with Gasteiger partial charge in [0.1, 0.15) is 5.82 Å². The number of thioether (sulfide) groups is 1. The van der Waals surface area contributed by atoms with Gasteiger partial charge in [0, 0.05) is 18.7 Å². The van der Waals surface area contributed by atoms with Crippen molar-refractivity contribution in [3.05, 3.63) is 28.1 Å². The summed E-state index contributed by atoms with van der Waals surface area (Å²) in [4.78, 5) is 16.4. The molecule has 24 heavy (non-hydrogen) atoms. The summed E-state index contributed by atoms with van der Waals surface area (Å²) in [5.41, 5.74) is 0. The quantitative estimate of drug-likeness (QED) is 0.760. The van der Waals surface area contributed by atoms with Crippen LogP contribution in [0.2, 0.25) is 10.0 Å². The Hall–Kier alpha value is -1.31. The second-order valence-electron chi connectivity index (χ2n) is 5.59. The number of halogens is 2. The molecule has 2 aromatic heterocycles. The first-order valence-electron chi connectivity index (χ1n) is 7.71. The number of rotatable bonds is 6. The van der Waals surface area contributed by atoms with Crippen molar-refractivity contribution in [1.29, 1.82) is 0 Å². The fourth-order valence-corrected chi connectivity index (χ4v) is 3.61. The zero-order chi connectivity index (χ0) is 17.3. The molecule has 0 saturated heterocycles. The Balaban J connectivity index is 1.68. The van der Waals surface area contributed by atoms with Crippen molar-refractivity contribution in [3.63, 3.8) is 0 Å². The van der Waals surface area contributed by atoms with Gasteiger partial charge in [-0.25, -0.2) is 4.98 Å². The summed E-state index contributed by atoms with van der Waals surface area (Å²) in [6.07, 6.45) is 3.77. The summed E-state index contributed by atoms with van der Waals surface area (Å²) in [6, 6.07) is 1.54. The van der Waals surface area contributed by atoms with Crippen LogP contribution in [-0.4, -0.2) is 30.9 Å². The predicted octanol–water partition coefficient (Wildman–Crippen LogP) is 4.00. The molecule has 0 aromatic carbocycles. The van der Waals surface area contributed by atoms with E-state index >= 15 is 0 Å². The van der Waals surface area contributed by atoms with Crippen LogP contribution in [0, 0.1) is 0 Å². The summed E-state index contributed by atoms with van der Waals surface area (Å²) in [5, 5.41) is 12.4. The first-order chi connectivity index (χ1) is 11.5. The number of carbonyl (C=O) groups is 1. The molecule has 1 atom stereocenters. The van der Waals surface area contributed by atoms with Gasteiger partial charge >= 0.3 is 0 Å². The second-order valence-corrected chi connectivity index (χ2v) is 7.74. The summed E-state index contributed by atoms with van der Waals surface area (Å²) in [7, 11) is 0. The number of hydrogen-bond acceptors (Lipinski definition) is 5. The number of pyridine rings is 1. The van der Waals surface area contributed by atoms with E-state index < -0.39 is 0 Å². The highest BCUT2D eigenvalue weighted by atomic mass is 35.5. The van der Waals surface area contributed by atoms with Gasteiger partial charge in [-0.15, -0.1) is 10.2 Å². The molecule has 0 radical (unpaired) electrons. The van der Waals surface area contributed by atoms with Crippen LogP contribution in [0.25, 0.3) is 0 Å². The van der Waals surface area contributed by atoms with Gasteiger partial charge in [0.15, 0.2) is 11.0 Å². The monoisotopic (exact) mass is 385 g/mol. The van der Waals surface area contributed by atoms with E-state index in [0.29, 0.717) is 21.8 Å². The van der Waals surface area contributed by atoms with Crippen LogP contribution in [0.4, 0.5) is 5.82 Å². The lowest BCUT2D eigenvalue weighted by Gasteiger charge is -2.13. The number of nitrogens with zero attached hydrogens (tertiary/aromatic N) is 4. The molecule has 2 heterocycles. The maximum absolute atomic E-state index is 12.4. The molecule has 0 aliphatic heterocycles. The highest BCUT2D eigenvalue weighted by Crippen LogP contribution is 2.40. The molecule has 128 valence electrons. The Morgan fingerprint density at radius 2 is 2.21 bits per heavy atom. The van der Waals surface area contributed by atoms with E-state index in [4.69, 9.17) is 23.2 Å². The average Bonchev–Trinajstić information content (AvgIpc) is 3.31. The van der Waals surface area contributed by atoms with Gasteiger partial charge in [0.25, 0.3) is 0 Å². The lowest BCUT2D eigenvalue weighted by molar-refractivity contribution is -0.115. The van der Waals surface area contributed by atoms with Gasteiger partial charge < -0.3 is 9.88 Å². The molecule has 0 bridgehead atoms. The SMILES string of the molecule is CCn1c(S[C@H](C)C(=O)Nc2ncc(Cl)cc2Cl)nnc1C1CC1. The minimum absolute atomic E-state index is 0.199. The van der Waals surface area contributed by atoms with Gasteiger partial charge in [-0.3, -0.25) is 4.79 Å². The van der Waals surface area contributed by atoms with Crippen molar-refractivity contribution in [3.8, 4) is 0 Å². The van der Waals surface area contributed by atoms with Crippen LogP contribution in [0.5, 0.6) is 0 Å². The van der Waals surface area contributed by atoms with Crippen molar-refractivity contribution in [2.45, 2.75) is 49.6 Å². The molecule has 1 fully saturated rings. The molecule has 1 amide bonds. The minimum atomic E-state index is -0.361. The molecule has 1 N–H and O–H groups in total. The summed E-state index contributed by atoms with van der Waals surface area (Å²) in [6.45, 7) is 4.66. The fraction of sp³-hybridized carbons (Fsp3) is 0.467. The smallest absolute Gasteiger partial charge is 0.238 e. The molecular weight excluding hydrogens is 369 g/mol. The van der Waals surface area contributed by atoms with Crippen molar-refractivity contribution in [2.75, 3.05) is 5.32 Å². The first kappa shape index (κ1) is 17.5. The molecule has 9 heteroatoms. The van der Waals surface area contributed by atoms with Gasteiger partial charge in [-0.2, -0.15) is 0 Å². The molecule has 3 rings (SSSR count). The van der Waals surface area contributed by atoms with Crippen LogP contribution in [0.3, 0.4) is 0 Å². The third-order valence-electron chi connectivity index (χ3n) is 3.71. The molecule has 1 aliphatic carbocycles. The maximum atomic E-state index is 12.4. The number of carbonyl (C=O) groups excluding carboxylic acids is 1. The zero-order valence-corrected chi connectivity index (χ0v) is 15.6. The van der Waals surface area contributed by atoms with Crippen LogP contribution < -0.4 is 5.32 Å². The molecule has 0 unspecified atom stereocenters. The largest absolute Gasteiger partial charge is 0.308 e. The van der Waals surface area contributed by atoms with Crippen LogP contribution in [-0.2, 0) is 11.3 Å². The molecule has 6 nitrogen and oxygen atoms in total.